The van der Waals surface area contributed by atoms with Crippen LogP contribution >= 0.6 is 0 Å². The molecule has 1 aromatic carbocycles. The Kier molecular flexibility index (Phi) is 3.65. The molecule has 0 aliphatic carbocycles. The van der Waals surface area contributed by atoms with Crippen molar-refractivity contribution in [1.29, 1.82) is 0 Å². The number of aromatic nitrogens is 5. The second-order valence-corrected chi connectivity index (χ2v) is 3.44. The fourth-order valence-electron chi connectivity index (χ4n) is 1.32. The van der Waals surface area contributed by atoms with Gasteiger partial charge in [0.1, 0.15) is 17.6 Å². The Morgan fingerprint density at radius 3 is 2.44 bits per heavy atom. The third-order valence-corrected chi connectivity index (χ3v) is 2.10. The third-order valence-electron chi connectivity index (χ3n) is 2.10. The van der Waals surface area contributed by atoms with E-state index in [0.29, 0.717) is 0 Å². The van der Waals surface area contributed by atoms with Gasteiger partial charge in [-0.15, -0.1) is 0 Å². The van der Waals surface area contributed by atoms with Crippen molar-refractivity contribution in [3.63, 3.8) is 0 Å². The topological polar surface area (TPSA) is 96.7 Å². The van der Waals surface area contributed by atoms with Crippen LogP contribution in [0.25, 0.3) is 11.0 Å². The molecule has 3 rings (SSSR count). The van der Waals surface area contributed by atoms with Gasteiger partial charge in [-0.25, -0.2) is 4.98 Å². The van der Waals surface area contributed by atoms with Crippen LogP contribution < -0.4 is 0 Å². The minimum Gasteiger partial charge on any atom is -0.480 e. The van der Waals surface area contributed by atoms with Crippen LogP contribution in [0, 0.1) is 0 Å². The summed E-state index contributed by atoms with van der Waals surface area (Å²) in [6, 6.07) is 7.70. The molecule has 7 nitrogen and oxygen atoms in total. The molecule has 2 aromatic heterocycles. The molecular formula is C11H11N5O2. The number of carboxylic acids is 1. The Morgan fingerprint density at radius 1 is 1.28 bits per heavy atom. The highest BCUT2D eigenvalue weighted by atomic mass is 16.4. The molecule has 92 valence electrons. The molecule has 3 aromatic rings. The monoisotopic (exact) mass is 245 g/mol. The maximum Gasteiger partial charge on any atom is 0.323 e. The number of para-hydroxylation sites is 2. The van der Waals surface area contributed by atoms with Gasteiger partial charge >= 0.3 is 5.97 Å². The maximum atomic E-state index is 10.0. The third kappa shape index (κ3) is 3.14. The zero-order chi connectivity index (χ0) is 12.8. The molecule has 0 saturated heterocycles. The number of hydrogen-bond acceptors (Lipinski definition) is 4. The summed E-state index contributed by atoms with van der Waals surface area (Å²) in [5, 5.41) is 18.5. The van der Waals surface area contributed by atoms with E-state index in [-0.39, 0.29) is 6.54 Å². The smallest absolute Gasteiger partial charge is 0.323 e. The summed E-state index contributed by atoms with van der Waals surface area (Å²) >= 11 is 0. The van der Waals surface area contributed by atoms with Crippen LogP contribution in [0.4, 0.5) is 0 Å². The summed E-state index contributed by atoms with van der Waals surface area (Å²) in [6.07, 6.45) is 4.62. The molecule has 2 heterocycles. The van der Waals surface area contributed by atoms with Crippen LogP contribution in [0.15, 0.2) is 43.0 Å². The minimum absolute atomic E-state index is 0.0139. The first-order chi connectivity index (χ1) is 8.75. The van der Waals surface area contributed by atoms with Crippen LogP contribution in [0.1, 0.15) is 0 Å². The number of rotatable bonds is 2. The molecule has 18 heavy (non-hydrogen) atoms. The molecule has 0 fully saturated rings. The Labute approximate surface area is 102 Å². The largest absolute Gasteiger partial charge is 0.480 e. The lowest BCUT2D eigenvalue weighted by atomic mass is 10.3. The first kappa shape index (κ1) is 11.8. The predicted molar refractivity (Wildman–Crippen MR) is 63.8 cm³/mol. The first-order valence-corrected chi connectivity index (χ1v) is 5.19. The van der Waals surface area contributed by atoms with Crippen LogP contribution in [0.2, 0.25) is 0 Å². The summed E-state index contributed by atoms with van der Waals surface area (Å²) in [6.45, 7) is -0.0139. The van der Waals surface area contributed by atoms with Gasteiger partial charge in [0.05, 0.1) is 6.33 Å². The highest BCUT2D eigenvalue weighted by molar-refractivity contribution is 5.72. The number of aliphatic carboxylic acids is 1. The lowest BCUT2D eigenvalue weighted by Gasteiger charge is -1.91. The number of nitrogens with one attached hydrogen (secondary N) is 1. The van der Waals surface area contributed by atoms with Crippen LogP contribution in [-0.2, 0) is 11.3 Å². The normalized spacial score (nSPS) is 9.78. The Hall–Kier alpha value is -2.70. The van der Waals surface area contributed by atoms with Gasteiger partial charge < -0.3 is 9.67 Å². The van der Waals surface area contributed by atoms with E-state index in [1.165, 1.54) is 10.9 Å². The Balaban J connectivity index is 0.000000134. The lowest BCUT2D eigenvalue weighted by Crippen LogP contribution is -2.05. The molecule has 7 heteroatoms. The number of carbonyl (C=O) groups is 1. The number of aromatic amines is 1. The van der Waals surface area contributed by atoms with Crippen molar-refractivity contribution in [2.45, 2.75) is 6.54 Å². The molecule has 0 aliphatic heterocycles. The van der Waals surface area contributed by atoms with Crippen molar-refractivity contribution in [2.75, 3.05) is 0 Å². The molecule has 0 amide bonds. The molecule has 0 atom stereocenters. The predicted octanol–water partition coefficient (Wildman–Crippen LogP) is 0.926. The molecule has 0 unspecified atom stereocenters. The summed E-state index contributed by atoms with van der Waals surface area (Å²) in [5.41, 5.74) is 1.83. The highest BCUT2D eigenvalue weighted by Crippen LogP contribution is 2.03. The van der Waals surface area contributed by atoms with E-state index >= 15 is 0 Å². The number of fused-ring (bicyclic) bond motifs is 1. The number of H-pyrrole nitrogens is 1. The van der Waals surface area contributed by atoms with E-state index < -0.39 is 5.97 Å². The summed E-state index contributed by atoms with van der Waals surface area (Å²) < 4.78 is 1.49. The Bertz CT molecular complexity index is 587. The van der Waals surface area contributed by atoms with Crippen molar-refractivity contribution in [3.05, 3.63) is 43.0 Å². The summed E-state index contributed by atoms with van der Waals surface area (Å²) in [4.78, 5) is 13.7. The van der Waals surface area contributed by atoms with Crippen molar-refractivity contribution < 1.29 is 9.90 Å². The molecule has 0 saturated carbocycles. The van der Waals surface area contributed by atoms with E-state index in [4.69, 9.17) is 5.11 Å². The van der Waals surface area contributed by atoms with E-state index in [0.717, 1.165) is 11.0 Å². The van der Waals surface area contributed by atoms with E-state index in [1.54, 1.807) is 12.4 Å². The van der Waals surface area contributed by atoms with Crippen LogP contribution in [0.3, 0.4) is 0 Å². The van der Waals surface area contributed by atoms with Gasteiger partial charge in [-0.3, -0.25) is 4.79 Å². The molecular weight excluding hydrogens is 234 g/mol. The van der Waals surface area contributed by atoms with Gasteiger partial charge in [-0.05, 0) is 12.1 Å². The molecule has 0 spiro atoms. The average molecular weight is 245 g/mol. The average Bonchev–Trinajstić information content (AvgIpc) is 2.98. The number of nitrogens with zero attached hydrogens (tertiary/aromatic N) is 4. The van der Waals surface area contributed by atoms with Crippen molar-refractivity contribution in [2.24, 2.45) is 0 Å². The van der Waals surface area contributed by atoms with Gasteiger partial charge in [0.15, 0.2) is 0 Å². The number of hydrogen-bond donors (Lipinski definition) is 2. The van der Waals surface area contributed by atoms with E-state index in [9.17, 15) is 4.79 Å². The first-order valence-electron chi connectivity index (χ1n) is 5.19. The molecule has 0 aliphatic rings. The highest BCUT2D eigenvalue weighted by Gasteiger charge is 1.94. The molecule has 2 N–H and O–H groups in total. The van der Waals surface area contributed by atoms with Gasteiger partial charge in [0.25, 0.3) is 0 Å². The van der Waals surface area contributed by atoms with Crippen molar-refractivity contribution >= 4 is 17.0 Å². The lowest BCUT2D eigenvalue weighted by molar-refractivity contribution is -0.137. The van der Waals surface area contributed by atoms with Crippen LogP contribution in [-0.4, -0.2) is 36.0 Å². The Morgan fingerprint density at radius 2 is 1.94 bits per heavy atom. The maximum absolute atomic E-state index is 10.0. The second-order valence-electron chi connectivity index (χ2n) is 3.44. The number of carboxylic acid groups (broad SMARTS) is 1. The van der Waals surface area contributed by atoms with Gasteiger partial charge in [-0.1, -0.05) is 12.1 Å². The van der Waals surface area contributed by atoms with Gasteiger partial charge in [0, 0.05) is 12.4 Å². The molecule has 0 radical (unpaired) electrons. The zero-order valence-corrected chi connectivity index (χ0v) is 9.39. The standard InChI is InChI=1S/C6H5N3.C5H6N2O2/c1-2-4-6-5(3-1)7-9-8-6;8-5(9)3-7-2-1-6-4-7/h1-4H,(H,7,8,9);1-2,4H,3H2,(H,8,9). The number of benzene rings is 1. The van der Waals surface area contributed by atoms with Crippen LogP contribution in [0.5, 0.6) is 0 Å². The van der Waals surface area contributed by atoms with Crippen molar-refractivity contribution in [3.8, 4) is 0 Å². The fourth-order valence-corrected chi connectivity index (χ4v) is 1.32. The minimum atomic E-state index is -0.854. The number of imidazole rings is 1. The van der Waals surface area contributed by atoms with Crippen molar-refractivity contribution in [1.82, 2.24) is 25.0 Å². The molecule has 0 bridgehead atoms. The van der Waals surface area contributed by atoms with Gasteiger partial charge in [0.2, 0.25) is 0 Å². The zero-order valence-electron chi connectivity index (χ0n) is 9.39. The fraction of sp³-hybridized carbons (Fsp3) is 0.0909. The second kappa shape index (κ2) is 5.58. The van der Waals surface area contributed by atoms with E-state index in [2.05, 4.69) is 20.4 Å². The van der Waals surface area contributed by atoms with E-state index in [1.807, 2.05) is 24.3 Å². The summed E-state index contributed by atoms with van der Waals surface area (Å²) in [7, 11) is 0. The SMILES string of the molecule is O=C(O)Cn1ccnc1.c1ccc2n[nH]nc2c1. The quantitative estimate of drug-likeness (QED) is 0.700. The van der Waals surface area contributed by atoms with Gasteiger partial charge in [-0.2, -0.15) is 15.4 Å². The summed E-state index contributed by atoms with van der Waals surface area (Å²) in [5.74, 6) is -0.854.